The van der Waals surface area contributed by atoms with Crippen molar-refractivity contribution in [2.45, 2.75) is 45.6 Å². The maximum absolute atomic E-state index is 12.0. The summed E-state index contributed by atoms with van der Waals surface area (Å²) >= 11 is 0. The Morgan fingerprint density at radius 2 is 1.96 bits per heavy atom. The van der Waals surface area contributed by atoms with Gasteiger partial charge in [-0.25, -0.2) is 4.79 Å². The van der Waals surface area contributed by atoms with Crippen molar-refractivity contribution >= 4 is 11.9 Å². The average Bonchev–Trinajstić information content (AvgIpc) is 3.09. The molecule has 146 valence electrons. The molecule has 0 spiro atoms. The van der Waals surface area contributed by atoms with Gasteiger partial charge in [0.25, 0.3) is 0 Å². The molecule has 8 heteroatoms. The normalized spacial score (nSPS) is 12.0. The number of hydrogen-bond acceptors (Lipinski definition) is 6. The number of aliphatic carboxylic acids is 1. The Morgan fingerprint density at radius 3 is 2.56 bits per heavy atom. The SMILES string of the molecule is COc1ccc(-c2noc(CCCC(=O)NC(CC(C)C)C(=O)O)n2)cc1. The summed E-state index contributed by atoms with van der Waals surface area (Å²) in [7, 11) is 1.60. The van der Waals surface area contributed by atoms with Gasteiger partial charge in [-0.3, -0.25) is 4.79 Å². The van der Waals surface area contributed by atoms with Crippen LogP contribution in [0.4, 0.5) is 0 Å². The molecule has 0 aliphatic heterocycles. The zero-order chi connectivity index (χ0) is 19.8. The number of amides is 1. The Morgan fingerprint density at radius 1 is 1.26 bits per heavy atom. The Balaban J connectivity index is 1.82. The highest BCUT2D eigenvalue weighted by Gasteiger charge is 2.20. The van der Waals surface area contributed by atoms with E-state index in [1.165, 1.54) is 0 Å². The van der Waals surface area contributed by atoms with E-state index in [1.807, 2.05) is 38.1 Å². The molecule has 1 aromatic heterocycles. The molecule has 1 heterocycles. The van der Waals surface area contributed by atoms with E-state index in [0.29, 0.717) is 31.0 Å². The fraction of sp³-hybridized carbons (Fsp3) is 0.474. The summed E-state index contributed by atoms with van der Waals surface area (Å²) < 4.78 is 10.3. The maximum Gasteiger partial charge on any atom is 0.326 e. The van der Waals surface area contributed by atoms with E-state index in [1.54, 1.807) is 7.11 Å². The second kappa shape index (κ2) is 9.70. The Hall–Kier alpha value is -2.90. The summed E-state index contributed by atoms with van der Waals surface area (Å²) in [5.74, 6) is 0.522. The first kappa shape index (κ1) is 20.4. The Labute approximate surface area is 157 Å². The predicted molar refractivity (Wildman–Crippen MR) is 98.2 cm³/mol. The van der Waals surface area contributed by atoms with Gasteiger partial charge in [-0.15, -0.1) is 0 Å². The van der Waals surface area contributed by atoms with E-state index in [2.05, 4.69) is 15.5 Å². The van der Waals surface area contributed by atoms with E-state index in [0.717, 1.165) is 11.3 Å². The number of benzene rings is 1. The van der Waals surface area contributed by atoms with Crippen LogP contribution in [0.15, 0.2) is 28.8 Å². The molecule has 1 aromatic carbocycles. The molecule has 0 aliphatic carbocycles. The molecule has 0 bridgehead atoms. The van der Waals surface area contributed by atoms with Crippen LogP contribution in [0.3, 0.4) is 0 Å². The standard InChI is InChI=1S/C19H25N3O5/c1-12(2)11-15(19(24)25)20-16(23)5-4-6-17-21-18(22-27-17)13-7-9-14(26-3)10-8-13/h7-10,12,15H,4-6,11H2,1-3H3,(H,20,23)(H,24,25). The average molecular weight is 375 g/mol. The first-order valence-electron chi connectivity index (χ1n) is 8.88. The number of rotatable bonds is 10. The van der Waals surface area contributed by atoms with Crippen LogP contribution >= 0.6 is 0 Å². The summed E-state index contributed by atoms with van der Waals surface area (Å²) in [6.45, 7) is 3.83. The third-order valence-electron chi connectivity index (χ3n) is 3.95. The number of methoxy groups -OCH3 is 1. The van der Waals surface area contributed by atoms with Crippen LogP contribution in [0.1, 0.15) is 39.0 Å². The van der Waals surface area contributed by atoms with Gasteiger partial charge >= 0.3 is 5.97 Å². The van der Waals surface area contributed by atoms with Crippen molar-refractivity contribution in [3.8, 4) is 17.1 Å². The number of nitrogens with zero attached hydrogens (tertiary/aromatic N) is 2. The van der Waals surface area contributed by atoms with Gasteiger partial charge in [0.05, 0.1) is 7.11 Å². The molecule has 1 atom stereocenters. The number of carboxylic acids is 1. The van der Waals surface area contributed by atoms with E-state index in [-0.39, 0.29) is 18.2 Å². The third kappa shape index (κ3) is 6.40. The second-order valence-electron chi connectivity index (χ2n) is 6.68. The van der Waals surface area contributed by atoms with Gasteiger partial charge in [0, 0.05) is 18.4 Å². The van der Waals surface area contributed by atoms with Crippen LogP contribution in [0.2, 0.25) is 0 Å². The lowest BCUT2D eigenvalue weighted by Crippen LogP contribution is -2.41. The molecule has 1 unspecified atom stereocenters. The fourth-order valence-corrected chi connectivity index (χ4v) is 2.57. The number of carboxylic acid groups (broad SMARTS) is 1. The quantitative estimate of drug-likeness (QED) is 0.656. The van der Waals surface area contributed by atoms with Crippen LogP contribution in [0.25, 0.3) is 11.4 Å². The lowest BCUT2D eigenvalue weighted by Gasteiger charge is -2.16. The molecule has 27 heavy (non-hydrogen) atoms. The lowest BCUT2D eigenvalue weighted by atomic mass is 10.0. The number of aryl methyl sites for hydroxylation is 1. The van der Waals surface area contributed by atoms with Crippen molar-refractivity contribution in [3.05, 3.63) is 30.2 Å². The van der Waals surface area contributed by atoms with Crippen molar-refractivity contribution in [3.63, 3.8) is 0 Å². The summed E-state index contributed by atoms with van der Waals surface area (Å²) in [5.41, 5.74) is 0.807. The highest BCUT2D eigenvalue weighted by molar-refractivity contribution is 5.83. The molecule has 0 fully saturated rings. The maximum atomic E-state index is 12.0. The van der Waals surface area contributed by atoms with Crippen molar-refractivity contribution in [1.82, 2.24) is 15.5 Å². The van der Waals surface area contributed by atoms with E-state index in [9.17, 15) is 9.59 Å². The largest absolute Gasteiger partial charge is 0.497 e. The zero-order valence-electron chi connectivity index (χ0n) is 15.8. The minimum Gasteiger partial charge on any atom is -0.497 e. The predicted octanol–water partition coefficient (Wildman–Crippen LogP) is 2.68. The third-order valence-corrected chi connectivity index (χ3v) is 3.95. The van der Waals surface area contributed by atoms with E-state index < -0.39 is 12.0 Å². The molecule has 0 aliphatic rings. The number of nitrogens with one attached hydrogen (secondary N) is 1. The zero-order valence-corrected chi connectivity index (χ0v) is 15.8. The van der Waals surface area contributed by atoms with Crippen LogP contribution < -0.4 is 10.1 Å². The van der Waals surface area contributed by atoms with Gasteiger partial charge in [0.2, 0.25) is 17.6 Å². The number of carbonyl (C=O) groups is 2. The number of ether oxygens (including phenoxy) is 1. The topological polar surface area (TPSA) is 115 Å². The van der Waals surface area contributed by atoms with Gasteiger partial charge in [0.15, 0.2) is 0 Å². The molecule has 2 N–H and O–H groups in total. The van der Waals surface area contributed by atoms with Crippen molar-refractivity contribution in [1.29, 1.82) is 0 Å². The van der Waals surface area contributed by atoms with Crippen molar-refractivity contribution < 1.29 is 24.0 Å². The van der Waals surface area contributed by atoms with E-state index >= 15 is 0 Å². The summed E-state index contributed by atoms with van der Waals surface area (Å²) in [5, 5.41) is 15.7. The molecule has 0 saturated carbocycles. The van der Waals surface area contributed by atoms with Crippen LogP contribution in [-0.4, -0.2) is 40.3 Å². The van der Waals surface area contributed by atoms with Crippen LogP contribution in [-0.2, 0) is 16.0 Å². The summed E-state index contributed by atoms with van der Waals surface area (Å²) in [6, 6.07) is 6.43. The minimum absolute atomic E-state index is 0.182. The minimum atomic E-state index is -1.02. The highest BCUT2D eigenvalue weighted by Crippen LogP contribution is 2.20. The first-order chi connectivity index (χ1) is 12.9. The van der Waals surface area contributed by atoms with Gasteiger partial charge in [-0.05, 0) is 43.0 Å². The molecule has 2 aromatic rings. The first-order valence-corrected chi connectivity index (χ1v) is 8.88. The van der Waals surface area contributed by atoms with Crippen LogP contribution in [0.5, 0.6) is 5.75 Å². The molecular weight excluding hydrogens is 350 g/mol. The van der Waals surface area contributed by atoms with E-state index in [4.69, 9.17) is 14.4 Å². The van der Waals surface area contributed by atoms with Gasteiger partial charge in [0.1, 0.15) is 11.8 Å². The number of hydrogen-bond donors (Lipinski definition) is 2. The number of carbonyl (C=O) groups excluding carboxylic acids is 1. The monoisotopic (exact) mass is 375 g/mol. The number of aromatic nitrogens is 2. The fourth-order valence-electron chi connectivity index (χ4n) is 2.57. The molecule has 1 amide bonds. The summed E-state index contributed by atoms with van der Waals surface area (Å²) in [4.78, 5) is 27.5. The van der Waals surface area contributed by atoms with Gasteiger partial charge in [-0.2, -0.15) is 4.98 Å². The Bertz CT molecular complexity index is 755. The highest BCUT2D eigenvalue weighted by atomic mass is 16.5. The molecular formula is C19H25N3O5. The smallest absolute Gasteiger partial charge is 0.326 e. The molecule has 0 saturated heterocycles. The van der Waals surface area contributed by atoms with Gasteiger partial charge < -0.3 is 19.7 Å². The summed E-state index contributed by atoms with van der Waals surface area (Å²) in [6.07, 6.45) is 1.53. The van der Waals surface area contributed by atoms with Crippen molar-refractivity contribution in [2.75, 3.05) is 7.11 Å². The molecule has 2 rings (SSSR count). The molecule has 0 radical (unpaired) electrons. The van der Waals surface area contributed by atoms with Crippen molar-refractivity contribution in [2.24, 2.45) is 5.92 Å². The van der Waals surface area contributed by atoms with Gasteiger partial charge in [-0.1, -0.05) is 19.0 Å². The molecule has 8 nitrogen and oxygen atoms in total. The second-order valence-corrected chi connectivity index (χ2v) is 6.68. The Kier molecular flexibility index (Phi) is 7.34. The lowest BCUT2D eigenvalue weighted by molar-refractivity contribution is -0.142. The van der Waals surface area contributed by atoms with Crippen LogP contribution in [0, 0.1) is 5.92 Å².